The van der Waals surface area contributed by atoms with Gasteiger partial charge in [0, 0.05) is 19.0 Å². The highest BCUT2D eigenvalue weighted by atomic mass is 15.3. The average Bonchev–Trinajstić information content (AvgIpc) is 2.90. The quantitative estimate of drug-likeness (QED) is 0.917. The van der Waals surface area contributed by atoms with E-state index in [1.807, 2.05) is 0 Å². The first-order valence-electron chi connectivity index (χ1n) is 8.37. The van der Waals surface area contributed by atoms with Crippen molar-refractivity contribution in [1.82, 2.24) is 14.8 Å². The molecule has 2 N–H and O–H groups in total. The van der Waals surface area contributed by atoms with E-state index in [1.54, 1.807) is 6.33 Å². The van der Waals surface area contributed by atoms with Gasteiger partial charge in [0.1, 0.15) is 12.2 Å². The lowest BCUT2D eigenvalue weighted by molar-refractivity contribution is -0.0482. The summed E-state index contributed by atoms with van der Waals surface area (Å²) in [4.78, 5) is 4.56. The van der Waals surface area contributed by atoms with Gasteiger partial charge in [0.05, 0.1) is 0 Å². The Balaban J connectivity index is 1.65. The van der Waals surface area contributed by atoms with Crippen LogP contribution in [0.4, 0.5) is 0 Å². The predicted octanol–water partition coefficient (Wildman–Crippen LogP) is 2.41. The molecule has 4 heteroatoms. The van der Waals surface area contributed by atoms with Gasteiger partial charge in [-0.25, -0.2) is 4.98 Å². The first kappa shape index (κ1) is 12.8. The molecular formula is C16H26N4. The molecule has 0 saturated heterocycles. The van der Waals surface area contributed by atoms with Crippen LogP contribution in [0, 0.1) is 29.6 Å². The van der Waals surface area contributed by atoms with Gasteiger partial charge in [0.15, 0.2) is 0 Å². The van der Waals surface area contributed by atoms with Gasteiger partial charge in [-0.3, -0.25) is 4.68 Å². The zero-order valence-corrected chi connectivity index (χ0v) is 12.4. The van der Waals surface area contributed by atoms with Crippen LogP contribution in [0.3, 0.4) is 0 Å². The van der Waals surface area contributed by atoms with Crippen LogP contribution < -0.4 is 5.73 Å². The fraction of sp³-hybridized carbons (Fsp3) is 0.875. The van der Waals surface area contributed by atoms with Crippen LogP contribution in [0.5, 0.6) is 0 Å². The summed E-state index contributed by atoms with van der Waals surface area (Å²) in [7, 11) is 0. The molecule has 5 rings (SSSR count). The SMILES string of the molecule is CCn1ncnc1C(CN)C1C2CC3CC(C2)CC1C3. The van der Waals surface area contributed by atoms with E-state index in [0.717, 1.165) is 48.5 Å². The third kappa shape index (κ3) is 1.84. The number of hydrogen-bond donors (Lipinski definition) is 1. The minimum absolute atomic E-state index is 0.424. The van der Waals surface area contributed by atoms with Crippen molar-refractivity contribution in [3.05, 3.63) is 12.2 Å². The van der Waals surface area contributed by atoms with Crippen molar-refractivity contribution in [2.75, 3.05) is 6.54 Å². The number of aromatic nitrogens is 3. The Kier molecular flexibility index (Phi) is 3.09. The summed E-state index contributed by atoms with van der Waals surface area (Å²) in [6, 6.07) is 0. The summed E-state index contributed by atoms with van der Waals surface area (Å²) in [5.74, 6) is 6.19. The highest BCUT2D eigenvalue weighted by Crippen LogP contribution is 2.59. The minimum atomic E-state index is 0.424. The smallest absolute Gasteiger partial charge is 0.138 e. The maximum absolute atomic E-state index is 6.19. The average molecular weight is 274 g/mol. The van der Waals surface area contributed by atoms with Gasteiger partial charge in [-0.05, 0) is 68.6 Å². The summed E-state index contributed by atoms with van der Waals surface area (Å²) in [5, 5.41) is 4.37. The second kappa shape index (κ2) is 4.83. The zero-order chi connectivity index (χ0) is 13.7. The van der Waals surface area contributed by atoms with E-state index >= 15 is 0 Å². The van der Waals surface area contributed by atoms with E-state index in [-0.39, 0.29) is 0 Å². The fourth-order valence-corrected chi connectivity index (χ4v) is 5.86. The molecule has 0 spiro atoms. The van der Waals surface area contributed by atoms with E-state index in [1.165, 1.54) is 32.1 Å². The van der Waals surface area contributed by atoms with Crippen LogP contribution in [0.15, 0.2) is 6.33 Å². The van der Waals surface area contributed by atoms with Crippen molar-refractivity contribution < 1.29 is 0 Å². The van der Waals surface area contributed by atoms with E-state index in [2.05, 4.69) is 21.7 Å². The first-order valence-corrected chi connectivity index (χ1v) is 8.37. The van der Waals surface area contributed by atoms with Crippen LogP contribution in [-0.2, 0) is 6.54 Å². The summed E-state index contributed by atoms with van der Waals surface area (Å²) in [6.07, 6.45) is 9.03. The van der Waals surface area contributed by atoms with Gasteiger partial charge < -0.3 is 5.73 Å². The van der Waals surface area contributed by atoms with Crippen molar-refractivity contribution in [2.24, 2.45) is 35.3 Å². The Morgan fingerprint density at radius 3 is 2.40 bits per heavy atom. The Morgan fingerprint density at radius 1 is 1.20 bits per heavy atom. The minimum Gasteiger partial charge on any atom is -0.330 e. The highest BCUT2D eigenvalue weighted by molar-refractivity contribution is 5.08. The maximum atomic E-state index is 6.19. The lowest BCUT2D eigenvalue weighted by Gasteiger charge is -2.56. The van der Waals surface area contributed by atoms with Crippen molar-refractivity contribution in [1.29, 1.82) is 0 Å². The van der Waals surface area contributed by atoms with Crippen molar-refractivity contribution in [3.63, 3.8) is 0 Å². The molecule has 4 aliphatic rings. The van der Waals surface area contributed by atoms with Crippen molar-refractivity contribution in [2.45, 2.75) is 51.5 Å². The molecule has 1 unspecified atom stereocenters. The third-order valence-electron chi connectivity index (χ3n) is 6.29. The molecule has 1 aromatic rings. The molecular weight excluding hydrogens is 248 g/mol. The van der Waals surface area contributed by atoms with Crippen LogP contribution in [0.1, 0.15) is 50.8 Å². The monoisotopic (exact) mass is 274 g/mol. The van der Waals surface area contributed by atoms with E-state index in [9.17, 15) is 0 Å². The number of nitrogens with zero attached hydrogens (tertiary/aromatic N) is 3. The second-order valence-corrected chi connectivity index (χ2v) is 7.28. The second-order valence-electron chi connectivity index (χ2n) is 7.28. The molecule has 0 aromatic carbocycles. The summed E-state index contributed by atoms with van der Waals surface area (Å²) in [5.41, 5.74) is 6.19. The predicted molar refractivity (Wildman–Crippen MR) is 78.0 cm³/mol. The van der Waals surface area contributed by atoms with E-state index in [0.29, 0.717) is 5.92 Å². The molecule has 0 aliphatic heterocycles. The standard InChI is InChI=1S/C16H26N4/c1-2-20-16(18-9-19-20)14(8-17)15-12-4-10-3-11(6-12)7-13(15)5-10/h9-15H,2-8,17H2,1H3. The topological polar surface area (TPSA) is 56.7 Å². The van der Waals surface area contributed by atoms with Gasteiger partial charge >= 0.3 is 0 Å². The number of aryl methyl sites for hydroxylation is 1. The van der Waals surface area contributed by atoms with Gasteiger partial charge in [-0.2, -0.15) is 5.10 Å². The molecule has 0 radical (unpaired) electrons. The van der Waals surface area contributed by atoms with Crippen LogP contribution in [0.2, 0.25) is 0 Å². The van der Waals surface area contributed by atoms with Gasteiger partial charge in [0.2, 0.25) is 0 Å². The normalized spacial score (nSPS) is 40.2. The number of nitrogens with two attached hydrogens (primary N) is 1. The molecule has 1 heterocycles. The molecule has 4 nitrogen and oxygen atoms in total. The highest BCUT2D eigenvalue weighted by Gasteiger charge is 2.51. The Bertz CT molecular complexity index is 453. The van der Waals surface area contributed by atoms with Gasteiger partial charge in [-0.15, -0.1) is 0 Å². The van der Waals surface area contributed by atoms with Crippen molar-refractivity contribution >= 4 is 0 Å². The largest absolute Gasteiger partial charge is 0.330 e. The Hall–Kier alpha value is -0.900. The molecule has 4 aliphatic carbocycles. The van der Waals surface area contributed by atoms with Gasteiger partial charge in [-0.1, -0.05) is 0 Å². The number of rotatable bonds is 4. The van der Waals surface area contributed by atoms with E-state index < -0.39 is 0 Å². The molecule has 4 bridgehead atoms. The number of hydrogen-bond acceptors (Lipinski definition) is 3. The molecule has 0 amide bonds. The Morgan fingerprint density at radius 2 is 1.85 bits per heavy atom. The van der Waals surface area contributed by atoms with Gasteiger partial charge in [0.25, 0.3) is 0 Å². The summed E-state index contributed by atoms with van der Waals surface area (Å²) in [6.45, 7) is 3.77. The first-order chi connectivity index (χ1) is 9.80. The summed E-state index contributed by atoms with van der Waals surface area (Å²) < 4.78 is 2.06. The molecule has 1 aromatic heterocycles. The lowest BCUT2D eigenvalue weighted by atomic mass is 9.49. The van der Waals surface area contributed by atoms with Crippen LogP contribution >= 0.6 is 0 Å². The molecule has 1 atom stereocenters. The molecule has 110 valence electrons. The maximum Gasteiger partial charge on any atom is 0.138 e. The zero-order valence-electron chi connectivity index (χ0n) is 12.4. The fourth-order valence-electron chi connectivity index (χ4n) is 5.86. The van der Waals surface area contributed by atoms with Crippen LogP contribution in [0.25, 0.3) is 0 Å². The Labute approximate surface area is 121 Å². The molecule has 4 fully saturated rings. The lowest BCUT2D eigenvalue weighted by Crippen LogP contribution is -2.48. The van der Waals surface area contributed by atoms with E-state index in [4.69, 9.17) is 5.73 Å². The molecule has 4 saturated carbocycles. The summed E-state index contributed by atoms with van der Waals surface area (Å²) >= 11 is 0. The molecule has 20 heavy (non-hydrogen) atoms. The van der Waals surface area contributed by atoms with Crippen LogP contribution in [-0.4, -0.2) is 21.3 Å². The van der Waals surface area contributed by atoms with Crippen molar-refractivity contribution in [3.8, 4) is 0 Å². The third-order valence-corrected chi connectivity index (χ3v) is 6.29.